The van der Waals surface area contributed by atoms with E-state index in [0.717, 1.165) is 22.9 Å². The fourth-order valence-corrected chi connectivity index (χ4v) is 2.45. The van der Waals surface area contributed by atoms with Crippen LogP contribution in [0.1, 0.15) is 28.0 Å². The van der Waals surface area contributed by atoms with Crippen LogP contribution in [0.25, 0.3) is 0 Å². The Morgan fingerprint density at radius 3 is 2.79 bits per heavy atom. The number of carbonyl (C=O) groups excluding carboxylic acids is 1. The van der Waals surface area contributed by atoms with E-state index in [-0.39, 0.29) is 5.91 Å². The molecule has 0 aliphatic rings. The number of hydrogen-bond acceptors (Lipinski definition) is 5. The summed E-state index contributed by atoms with van der Waals surface area (Å²) < 4.78 is 0. The predicted molar refractivity (Wildman–Crippen MR) is 77.1 cm³/mol. The first-order valence-electron chi connectivity index (χ1n) is 6.01. The van der Waals surface area contributed by atoms with Crippen molar-refractivity contribution in [1.82, 2.24) is 15.2 Å². The summed E-state index contributed by atoms with van der Waals surface area (Å²) >= 11 is 1.37. The summed E-state index contributed by atoms with van der Waals surface area (Å²) in [4.78, 5) is 19.0. The molecule has 0 bridgehead atoms. The van der Waals surface area contributed by atoms with E-state index in [9.17, 15) is 4.79 Å². The van der Waals surface area contributed by atoms with Crippen LogP contribution in [0, 0.1) is 6.92 Å². The van der Waals surface area contributed by atoms with Crippen LogP contribution in [0.4, 0.5) is 10.9 Å². The molecule has 0 radical (unpaired) electrons. The Hall–Kier alpha value is -1.89. The summed E-state index contributed by atoms with van der Waals surface area (Å²) in [6, 6.07) is 1.83. The molecule has 0 aliphatic heterocycles. The third kappa shape index (κ3) is 2.93. The van der Waals surface area contributed by atoms with Crippen LogP contribution in [0.15, 0.2) is 6.07 Å². The van der Waals surface area contributed by atoms with Crippen LogP contribution in [0.5, 0.6) is 0 Å². The van der Waals surface area contributed by atoms with Gasteiger partial charge in [0, 0.05) is 25.9 Å². The Kier molecular flexibility index (Phi) is 3.84. The third-order valence-electron chi connectivity index (χ3n) is 2.63. The molecule has 0 saturated carbocycles. The van der Waals surface area contributed by atoms with Crippen LogP contribution in [0.3, 0.4) is 0 Å². The standard InChI is InChI=1S/C12H17N5OS/c1-5-8-6-9(16-15-8)14-11(18)10-7(2)13-12(19-10)17(3)4/h6H,5H2,1-4H3,(H2,14,15,16,18). The summed E-state index contributed by atoms with van der Waals surface area (Å²) in [6.07, 6.45) is 0.854. The average molecular weight is 279 g/mol. The smallest absolute Gasteiger partial charge is 0.268 e. The predicted octanol–water partition coefficient (Wildman–Crippen LogP) is 2.06. The van der Waals surface area contributed by atoms with Crippen LogP contribution >= 0.6 is 11.3 Å². The number of anilines is 2. The molecular formula is C12H17N5OS. The highest BCUT2D eigenvalue weighted by molar-refractivity contribution is 7.17. The molecule has 6 nitrogen and oxygen atoms in total. The molecule has 0 saturated heterocycles. The maximum atomic E-state index is 12.2. The summed E-state index contributed by atoms with van der Waals surface area (Å²) in [5.41, 5.74) is 1.72. The number of hydrogen-bond donors (Lipinski definition) is 2. The third-order valence-corrected chi connectivity index (χ3v) is 3.95. The molecule has 2 heterocycles. The van der Waals surface area contributed by atoms with Crippen molar-refractivity contribution < 1.29 is 4.79 Å². The topological polar surface area (TPSA) is 73.9 Å². The molecule has 102 valence electrons. The highest BCUT2D eigenvalue weighted by Crippen LogP contribution is 2.25. The largest absolute Gasteiger partial charge is 0.354 e. The summed E-state index contributed by atoms with van der Waals surface area (Å²) in [5.74, 6) is 0.373. The molecular weight excluding hydrogens is 262 g/mol. The van der Waals surface area contributed by atoms with Crippen molar-refractivity contribution >= 4 is 28.2 Å². The number of aromatic amines is 1. The quantitative estimate of drug-likeness (QED) is 0.898. The van der Waals surface area contributed by atoms with Crippen LogP contribution in [0.2, 0.25) is 0 Å². The second-order valence-electron chi connectivity index (χ2n) is 4.39. The van der Waals surface area contributed by atoms with Crippen LogP contribution < -0.4 is 10.2 Å². The minimum Gasteiger partial charge on any atom is -0.354 e. The first-order chi connectivity index (χ1) is 9.01. The zero-order valence-corrected chi connectivity index (χ0v) is 12.3. The SMILES string of the molecule is CCc1cc(NC(=O)c2sc(N(C)C)nc2C)n[nH]1. The van der Waals surface area contributed by atoms with E-state index in [0.29, 0.717) is 10.7 Å². The van der Waals surface area contributed by atoms with Gasteiger partial charge in [0.25, 0.3) is 5.91 Å². The molecule has 2 aromatic rings. The molecule has 2 aromatic heterocycles. The number of rotatable bonds is 4. The number of thiazole rings is 1. The number of aryl methyl sites for hydroxylation is 2. The number of nitrogens with zero attached hydrogens (tertiary/aromatic N) is 3. The maximum Gasteiger partial charge on any atom is 0.268 e. The van der Waals surface area contributed by atoms with E-state index in [1.807, 2.05) is 38.9 Å². The van der Waals surface area contributed by atoms with Crippen molar-refractivity contribution in [2.24, 2.45) is 0 Å². The lowest BCUT2D eigenvalue weighted by molar-refractivity contribution is 0.102. The molecule has 2 rings (SSSR count). The normalized spacial score (nSPS) is 10.5. The minimum atomic E-state index is -0.169. The van der Waals surface area contributed by atoms with E-state index < -0.39 is 0 Å². The van der Waals surface area contributed by atoms with E-state index in [1.54, 1.807) is 0 Å². The van der Waals surface area contributed by atoms with Gasteiger partial charge < -0.3 is 10.2 Å². The summed E-state index contributed by atoms with van der Waals surface area (Å²) in [6.45, 7) is 3.86. The van der Waals surface area contributed by atoms with Gasteiger partial charge in [0.1, 0.15) is 4.88 Å². The van der Waals surface area contributed by atoms with E-state index in [4.69, 9.17) is 0 Å². The summed E-state index contributed by atoms with van der Waals surface area (Å²) in [7, 11) is 3.81. The van der Waals surface area contributed by atoms with E-state index >= 15 is 0 Å². The number of amides is 1. The molecule has 7 heteroatoms. The van der Waals surface area contributed by atoms with Crippen molar-refractivity contribution in [1.29, 1.82) is 0 Å². The Morgan fingerprint density at radius 2 is 2.26 bits per heavy atom. The van der Waals surface area contributed by atoms with Gasteiger partial charge in [-0.15, -0.1) is 0 Å². The van der Waals surface area contributed by atoms with Crippen LogP contribution in [-0.2, 0) is 6.42 Å². The van der Waals surface area contributed by atoms with Crippen molar-refractivity contribution in [3.63, 3.8) is 0 Å². The van der Waals surface area contributed by atoms with Crippen molar-refractivity contribution in [3.8, 4) is 0 Å². The van der Waals surface area contributed by atoms with Crippen molar-refractivity contribution in [2.75, 3.05) is 24.3 Å². The molecule has 2 N–H and O–H groups in total. The highest BCUT2D eigenvalue weighted by atomic mass is 32.1. The summed E-state index contributed by atoms with van der Waals surface area (Å²) in [5, 5.41) is 10.5. The zero-order chi connectivity index (χ0) is 14.0. The molecule has 1 amide bonds. The van der Waals surface area contributed by atoms with Gasteiger partial charge in [-0.3, -0.25) is 9.89 Å². The molecule has 19 heavy (non-hydrogen) atoms. The van der Waals surface area contributed by atoms with Gasteiger partial charge in [-0.1, -0.05) is 18.3 Å². The highest BCUT2D eigenvalue weighted by Gasteiger charge is 2.17. The van der Waals surface area contributed by atoms with Gasteiger partial charge in [-0.05, 0) is 13.3 Å². The average Bonchev–Trinajstić information content (AvgIpc) is 2.95. The van der Waals surface area contributed by atoms with Gasteiger partial charge in [0.15, 0.2) is 10.9 Å². The van der Waals surface area contributed by atoms with Gasteiger partial charge in [-0.25, -0.2) is 4.98 Å². The lowest BCUT2D eigenvalue weighted by atomic mass is 10.3. The Labute approximate surface area is 115 Å². The lowest BCUT2D eigenvalue weighted by Gasteiger charge is -2.05. The fourth-order valence-electron chi connectivity index (χ4n) is 1.56. The second kappa shape index (κ2) is 5.40. The first kappa shape index (κ1) is 13.5. The molecule has 0 spiro atoms. The number of aromatic nitrogens is 3. The van der Waals surface area contributed by atoms with Gasteiger partial charge in [0.2, 0.25) is 0 Å². The molecule has 0 fully saturated rings. The monoisotopic (exact) mass is 279 g/mol. The Balaban J connectivity index is 2.15. The molecule has 0 aliphatic carbocycles. The number of carbonyl (C=O) groups is 1. The van der Waals surface area contributed by atoms with E-state index in [2.05, 4.69) is 20.5 Å². The van der Waals surface area contributed by atoms with Crippen molar-refractivity contribution in [3.05, 3.63) is 22.3 Å². The zero-order valence-electron chi connectivity index (χ0n) is 11.4. The maximum absolute atomic E-state index is 12.2. The van der Waals surface area contributed by atoms with Gasteiger partial charge in [0.05, 0.1) is 5.69 Å². The second-order valence-corrected chi connectivity index (χ2v) is 5.37. The fraction of sp³-hybridized carbons (Fsp3) is 0.417. The lowest BCUT2D eigenvalue weighted by Crippen LogP contribution is -2.11. The number of H-pyrrole nitrogens is 1. The molecule has 0 atom stereocenters. The van der Waals surface area contributed by atoms with Crippen LogP contribution in [-0.4, -0.2) is 35.2 Å². The Bertz CT molecular complexity index is 587. The Morgan fingerprint density at radius 1 is 1.53 bits per heavy atom. The van der Waals surface area contributed by atoms with Crippen molar-refractivity contribution in [2.45, 2.75) is 20.3 Å². The minimum absolute atomic E-state index is 0.169. The molecule has 0 unspecified atom stereocenters. The van der Waals surface area contributed by atoms with E-state index in [1.165, 1.54) is 11.3 Å². The number of nitrogens with one attached hydrogen (secondary N) is 2. The van der Waals surface area contributed by atoms with Gasteiger partial charge >= 0.3 is 0 Å². The van der Waals surface area contributed by atoms with Gasteiger partial charge in [-0.2, -0.15) is 5.10 Å². The molecule has 0 aromatic carbocycles. The first-order valence-corrected chi connectivity index (χ1v) is 6.83.